The molecule has 0 aliphatic heterocycles. The summed E-state index contributed by atoms with van der Waals surface area (Å²) in [6, 6.07) is 9.71. The normalized spacial score (nSPS) is 15.2. The Balaban J connectivity index is 2.68. The Morgan fingerprint density at radius 2 is 1.95 bits per heavy atom. The molecule has 3 atom stereocenters. The summed E-state index contributed by atoms with van der Waals surface area (Å²) in [5, 5.41) is 3.21. The number of hydrogen-bond acceptors (Lipinski definition) is 2. The highest BCUT2D eigenvalue weighted by atomic mass is 16.1. The van der Waals surface area contributed by atoms with Crippen LogP contribution in [0.1, 0.15) is 32.8 Å². The number of nitrogens with one attached hydrogen (secondary N) is 1. The van der Waals surface area contributed by atoms with Crippen molar-refractivity contribution in [1.29, 1.82) is 0 Å². The number of ketones is 1. The summed E-state index contributed by atoms with van der Waals surface area (Å²) in [6.07, 6.45) is 1.65. The monoisotopic (exact) mass is 271 g/mol. The first-order valence-electron chi connectivity index (χ1n) is 7.21. The van der Waals surface area contributed by atoms with Crippen molar-refractivity contribution < 1.29 is 4.79 Å². The molecule has 0 fully saturated rings. The number of benzene rings is 1. The second-order valence-corrected chi connectivity index (χ2v) is 5.43. The molecule has 1 unspecified atom stereocenters. The molecule has 0 amide bonds. The molecular formula is C18H25NO. The van der Waals surface area contributed by atoms with Gasteiger partial charge in [0.25, 0.3) is 0 Å². The fourth-order valence-corrected chi connectivity index (χ4v) is 2.06. The molecule has 0 spiro atoms. The van der Waals surface area contributed by atoms with Crippen LogP contribution in [0.4, 0.5) is 0 Å². The highest BCUT2D eigenvalue weighted by Crippen LogP contribution is 2.20. The number of allylic oxidation sites excluding steroid dienone is 1. The van der Waals surface area contributed by atoms with E-state index in [0.717, 1.165) is 17.7 Å². The maximum Gasteiger partial charge on any atom is 0.152 e. The zero-order valence-corrected chi connectivity index (χ0v) is 12.7. The molecule has 1 rings (SSSR count). The lowest BCUT2D eigenvalue weighted by molar-refractivity contribution is -0.118. The van der Waals surface area contributed by atoms with Crippen molar-refractivity contribution >= 4 is 5.78 Å². The molecule has 0 aliphatic carbocycles. The first-order chi connectivity index (χ1) is 9.45. The Hall–Kier alpha value is -1.57. The minimum atomic E-state index is -0.264. The van der Waals surface area contributed by atoms with Gasteiger partial charge in [-0.2, -0.15) is 0 Å². The van der Waals surface area contributed by atoms with E-state index in [-0.39, 0.29) is 17.7 Å². The van der Waals surface area contributed by atoms with Crippen LogP contribution in [0.2, 0.25) is 0 Å². The van der Waals surface area contributed by atoms with Crippen molar-refractivity contribution in [3.8, 4) is 0 Å². The third-order valence-corrected chi connectivity index (χ3v) is 3.79. The van der Waals surface area contributed by atoms with Gasteiger partial charge in [-0.1, -0.05) is 57.2 Å². The van der Waals surface area contributed by atoms with E-state index in [1.165, 1.54) is 0 Å². The summed E-state index contributed by atoms with van der Waals surface area (Å²) in [5.74, 6) is 0.323. The van der Waals surface area contributed by atoms with Crippen LogP contribution in [0, 0.1) is 18.8 Å². The van der Waals surface area contributed by atoms with Crippen LogP contribution in [0.25, 0.3) is 0 Å². The molecule has 20 heavy (non-hydrogen) atoms. The Labute approximate surface area is 123 Å². The van der Waals surface area contributed by atoms with Crippen LogP contribution in [-0.4, -0.2) is 11.8 Å². The van der Waals surface area contributed by atoms with Crippen molar-refractivity contribution in [2.75, 3.05) is 0 Å². The smallest absolute Gasteiger partial charge is 0.152 e. The topological polar surface area (TPSA) is 29.1 Å². The molecule has 1 aromatic rings. The number of rotatable bonds is 8. The van der Waals surface area contributed by atoms with Gasteiger partial charge in [0.15, 0.2) is 5.78 Å². The van der Waals surface area contributed by atoms with E-state index in [9.17, 15) is 4.79 Å². The van der Waals surface area contributed by atoms with Gasteiger partial charge in [0.1, 0.15) is 0 Å². The third kappa shape index (κ3) is 4.84. The average Bonchev–Trinajstić information content (AvgIpc) is 2.45. The van der Waals surface area contributed by atoms with Crippen molar-refractivity contribution in [3.05, 3.63) is 55.1 Å². The summed E-state index contributed by atoms with van der Waals surface area (Å²) in [7, 11) is 0. The van der Waals surface area contributed by atoms with Crippen molar-refractivity contribution in [2.24, 2.45) is 11.8 Å². The number of Topliss-reactive ketones (excluding diaryl/α,β-unsaturated/α-hetero) is 1. The van der Waals surface area contributed by atoms with E-state index in [1.54, 1.807) is 6.92 Å². The van der Waals surface area contributed by atoms with Gasteiger partial charge < -0.3 is 5.32 Å². The van der Waals surface area contributed by atoms with Gasteiger partial charge in [-0.15, -0.1) is 0 Å². The van der Waals surface area contributed by atoms with E-state index in [2.05, 4.69) is 25.7 Å². The Morgan fingerprint density at radius 1 is 1.35 bits per heavy atom. The predicted octanol–water partition coefficient (Wildman–Crippen LogP) is 3.66. The average molecular weight is 271 g/mol. The zero-order chi connectivity index (χ0) is 15.1. The number of carbonyl (C=O) groups is 1. The minimum Gasteiger partial charge on any atom is -0.379 e. The molecule has 2 heteroatoms. The summed E-state index contributed by atoms with van der Waals surface area (Å²) in [6.45, 7) is 15.9. The fourth-order valence-electron chi connectivity index (χ4n) is 2.06. The van der Waals surface area contributed by atoms with Crippen molar-refractivity contribution in [3.63, 3.8) is 0 Å². The second kappa shape index (κ2) is 7.88. The Kier molecular flexibility index (Phi) is 6.50. The van der Waals surface area contributed by atoms with Crippen molar-refractivity contribution in [1.82, 2.24) is 5.32 Å². The molecule has 108 valence electrons. The van der Waals surface area contributed by atoms with E-state index >= 15 is 0 Å². The van der Waals surface area contributed by atoms with E-state index in [4.69, 9.17) is 6.92 Å². The maximum atomic E-state index is 11.8. The lowest BCUT2D eigenvalue weighted by Gasteiger charge is -2.26. The largest absolute Gasteiger partial charge is 0.379 e. The number of hydrogen-bond donors (Lipinski definition) is 1. The summed E-state index contributed by atoms with van der Waals surface area (Å²) in [4.78, 5) is 11.8. The maximum absolute atomic E-state index is 11.8. The van der Waals surface area contributed by atoms with Crippen LogP contribution in [0.5, 0.6) is 0 Å². The molecule has 0 saturated heterocycles. The molecule has 0 heterocycles. The lowest BCUT2D eigenvalue weighted by Crippen LogP contribution is -2.38. The third-order valence-electron chi connectivity index (χ3n) is 3.79. The second-order valence-electron chi connectivity index (χ2n) is 5.43. The molecule has 1 aromatic carbocycles. The molecule has 0 saturated carbocycles. The standard InChI is InChI=1S/C18H25NO/c1-6-13(2)14(3)15(4)19-18(16(5)20)12-17-10-8-7-9-11-17/h3,7-11,13-14,18-19H,4,6,12H2,1-2,5H3/t13?,14-,18-/m0/s1. The Morgan fingerprint density at radius 3 is 2.45 bits per heavy atom. The van der Waals surface area contributed by atoms with E-state index < -0.39 is 0 Å². The lowest BCUT2D eigenvalue weighted by atomic mass is 9.90. The van der Waals surface area contributed by atoms with Gasteiger partial charge in [0.2, 0.25) is 0 Å². The van der Waals surface area contributed by atoms with Crippen LogP contribution < -0.4 is 5.32 Å². The molecule has 1 N–H and O–H groups in total. The summed E-state index contributed by atoms with van der Waals surface area (Å²) < 4.78 is 0. The van der Waals surface area contributed by atoms with Gasteiger partial charge in [0, 0.05) is 11.6 Å². The molecular weight excluding hydrogens is 246 g/mol. The molecule has 0 aromatic heterocycles. The van der Waals surface area contributed by atoms with E-state index in [0.29, 0.717) is 12.3 Å². The summed E-state index contributed by atoms with van der Waals surface area (Å²) >= 11 is 0. The Bertz CT molecular complexity index is 438. The SMILES string of the molecule is [CH][C@H](C(=C)N[C@@H](Cc1ccccc1)C(C)=O)C(C)CC. The highest BCUT2D eigenvalue weighted by molar-refractivity contribution is 5.82. The zero-order valence-electron chi connectivity index (χ0n) is 12.7. The van der Waals surface area contributed by atoms with Crippen molar-refractivity contribution in [2.45, 2.75) is 39.7 Å². The van der Waals surface area contributed by atoms with Gasteiger partial charge in [-0.25, -0.2) is 0 Å². The molecule has 0 bridgehead atoms. The van der Waals surface area contributed by atoms with Gasteiger partial charge in [-0.05, 0) is 31.7 Å². The first kappa shape index (κ1) is 16.5. The number of carbonyl (C=O) groups excluding carboxylic acids is 1. The van der Waals surface area contributed by atoms with Crippen LogP contribution in [-0.2, 0) is 11.2 Å². The van der Waals surface area contributed by atoms with Gasteiger partial charge in [-0.3, -0.25) is 4.79 Å². The predicted molar refractivity (Wildman–Crippen MR) is 84.1 cm³/mol. The van der Waals surface area contributed by atoms with Crippen LogP contribution >= 0.6 is 0 Å². The van der Waals surface area contributed by atoms with E-state index in [1.807, 2.05) is 30.3 Å². The molecule has 0 aliphatic rings. The highest BCUT2D eigenvalue weighted by Gasteiger charge is 2.20. The molecule has 2 nitrogen and oxygen atoms in total. The minimum absolute atomic E-state index is 0.103. The van der Waals surface area contributed by atoms with Gasteiger partial charge >= 0.3 is 0 Å². The van der Waals surface area contributed by atoms with Crippen LogP contribution in [0.15, 0.2) is 42.6 Å². The van der Waals surface area contributed by atoms with Gasteiger partial charge in [0.05, 0.1) is 6.04 Å². The van der Waals surface area contributed by atoms with Crippen LogP contribution in [0.3, 0.4) is 0 Å². The first-order valence-corrected chi connectivity index (χ1v) is 7.21. The quantitative estimate of drug-likeness (QED) is 0.781. The molecule has 2 radical (unpaired) electrons. The summed E-state index contributed by atoms with van der Waals surface area (Å²) in [5.41, 5.74) is 1.88. The fraction of sp³-hybridized carbons (Fsp3) is 0.444.